The number of hydrogen-bond acceptors (Lipinski definition) is 3. The molecule has 0 aromatic heterocycles. The predicted molar refractivity (Wildman–Crippen MR) is 67.7 cm³/mol. The van der Waals surface area contributed by atoms with E-state index in [0.29, 0.717) is 13.0 Å². The van der Waals surface area contributed by atoms with Crippen LogP contribution in [0.4, 0.5) is 0 Å². The van der Waals surface area contributed by atoms with E-state index in [-0.39, 0.29) is 12.4 Å². The number of esters is 1. The van der Waals surface area contributed by atoms with E-state index < -0.39 is 0 Å². The van der Waals surface area contributed by atoms with Crippen LogP contribution in [-0.2, 0) is 16.0 Å². The topological polar surface area (TPSA) is 75.1 Å². The van der Waals surface area contributed by atoms with Crippen LogP contribution in [0.2, 0.25) is 0 Å². The Morgan fingerprint density at radius 2 is 2.28 bits per heavy atom. The first kappa shape index (κ1) is 13.6. The van der Waals surface area contributed by atoms with Gasteiger partial charge in [-0.1, -0.05) is 35.2 Å². The molecule has 0 spiro atoms. The molecule has 0 atom stereocenters. The van der Waals surface area contributed by atoms with E-state index in [1.165, 1.54) is 7.11 Å². The van der Waals surface area contributed by atoms with Gasteiger partial charge < -0.3 is 4.74 Å². The van der Waals surface area contributed by atoms with E-state index >= 15 is 0 Å². The van der Waals surface area contributed by atoms with Crippen molar-refractivity contribution in [2.24, 2.45) is 5.11 Å². The van der Waals surface area contributed by atoms with Crippen LogP contribution < -0.4 is 0 Å². The van der Waals surface area contributed by atoms with Crippen LogP contribution in [0.3, 0.4) is 0 Å². The summed E-state index contributed by atoms with van der Waals surface area (Å²) in [7, 11) is 1.36. The molecular weight excluding hydrogens is 230 g/mol. The second kappa shape index (κ2) is 7.77. The van der Waals surface area contributed by atoms with E-state index in [9.17, 15) is 4.79 Å². The fourth-order valence-electron chi connectivity index (χ4n) is 1.33. The number of methoxy groups -OCH3 is 1. The first-order chi connectivity index (χ1) is 8.77. The molecule has 1 rings (SSSR count). The van der Waals surface area contributed by atoms with Gasteiger partial charge in [0.15, 0.2) is 0 Å². The van der Waals surface area contributed by atoms with Crippen molar-refractivity contribution >= 4 is 5.97 Å². The predicted octanol–water partition coefficient (Wildman–Crippen LogP) is 2.45. The normalized spacial score (nSPS) is 8.72. The molecule has 0 aliphatic rings. The van der Waals surface area contributed by atoms with Crippen molar-refractivity contribution in [2.45, 2.75) is 12.8 Å². The van der Waals surface area contributed by atoms with E-state index in [1.807, 2.05) is 24.3 Å². The summed E-state index contributed by atoms with van der Waals surface area (Å²) < 4.78 is 4.62. The molecule has 92 valence electrons. The third kappa shape index (κ3) is 4.60. The van der Waals surface area contributed by atoms with Crippen LogP contribution in [0.5, 0.6) is 0 Å². The van der Waals surface area contributed by atoms with Gasteiger partial charge in [-0.3, -0.25) is 4.79 Å². The molecular formula is C13H13N3O2. The van der Waals surface area contributed by atoms with Crippen molar-refractivity contribution in [3.05, 3.63) is 45.8 Å². The molecule has 0 aliphatic heterocycles. The summed E-state index contributed by atoms with van der Waals surface area (Å²) in [5, 5.41) is 3.39. The van der Waals surface area contributed by atoms with E-state index in [4.69, 9.17) is 5.53 Å². The summed E-state index contributed by atoms with van der Waals surface area (Å²) in [5.41, 5.74) is 9.74. The van der Waals surface area contributed by atoms with E-state index in [1.54, 1.807) is 0 Å². The molecule has 0 unspecified atom stereocenters. The molecule has 0 saturated carbocycles. The zero-order valence-corrected chi connectivity index (χ0v) is 10.1. The summed E-state index contributed by atoms with van der Waals surface area (Å²) in [6, 6.07) is 7.40. The van der Waals surface area contributed by atoms with Gasteiger partial charge >= 0.3 is 5.97 Å². The van der Waals surface area contributed by atoms with Crippen molar-refractivity contribution < 1.29 is 9.53 Å². The summed E-state index contributed by atoms with van der Waals surface area (Å²) in [6.07, 6.45) is 0.703. The summed E-state index contributed by atoms with van der Waals surface area (Å²) >= 11 is 0. The first-order valence-corrected chi connectivity index (χ1v) is 5.42. The Morgan fingerprint density at radius 3 is 3.00 bits per heavy atom. The summed E-state index contributed by atoms with van der Waals surface area (Å²) in [4.78, 5) is 13.9. The number of carbonyl (C=O) groups excluding carboxylic acids is 1. The monoisotopic (exact) mass is 243 g/mol. The number of benzene rings is 1. The molecule has 0 heterocycles. The number of nitrogens with zero attached hydrogens (tertiary/aromatic N) is 3. The Labute approximate surface area is 105 Å². The van der Waals surface area contributed by atoms with Gasteiger partial charge in [-0.15, -0.1) is 0 Å². The van der Waals surface area contributed by atoms with E-state index in [0.717, 1.165) is 11.1 Å². The number of carbonyl (C=O) groups is 1. The van der Waals surface area contributed by atoms with Crippen LogP contribution in [-0.4, -0.2) is 19.6 Å². The number of azide groups is 1. The fourth-order valence-corrected chi connectivity index (χ4v) is 1.33. The smallest absolute Gasteiger partial charge is 0.310 e. The minimum atomic E-state index is -0.293. The molecule has 0 aliphatic carbocycles. The van der Waals surface area contributed by atoms with Crippen molar-refractivity contribution in [1.29, 1.82) is 0 Å². The highest BCUT2D eigenvalue weighted by Crippen LogP contribution is 2.08. The Morgan fingerprint density at radius 1 is 1.50 bits per heavy atom. The van der Waals surface area contributed by atoms with Crippen LogP contribution in [0.25, 0.3) is 10.4 Å². The lowest BCUT2D eigenvalue weighted by Crippen LogP contribution is -2.05. The second-order valence-corrected chi connectivity index (χ2v) is 3.42. The lowest BCUT2D eigenvalue weighted by Gasteiger charge is -2.02. The third-order valence-electron chi connectivity index (χ3n) is 2.20. The second-order valence-electron chi connectivity index (χ2n) is 3.42. The van der Waals surface area contributed by atoms with Gasteiger partial charge in [0.1, 0.15) is 0 Å². The minimum absolute atomic E-state index is 0.206. The molecule has 5 nitrogen and oxygen atoms in total. The lowest BCUT2D eigenvalue weighted by atomic mass is 10.1. The molecule has 5 heteroatoms. The molecule has 0 radical (unpaired) electrons. The molecule has 0 N–H and O–H groups in total. The van der Waals surface area contributed by atoms with Gasteiger partial charge in [-0.25, -0.2) is 0 Å². The van der Waals surface area contributed by atoms with Gasteiger partial charge in [0.05, 0.1) is 13.5 Å². The zero-order valence-electron chi connectivity index (χ0n) is 10.1. The summed E-state index contributed by atoms with van der Waals surface area (Å²) in [5.74, 6) is 5.57. The molecule has 0 fully saturated rings. The molecule has 0 saturated heterocycles. The maximum Gasteiger partial charge on any atom is 0.310 e. The van der Waals surface area contributed by atoms with Crippen molar-refractivity contribution in [1.82, 2.24) is 0 Å². The van der Waals surface area contributed by atoms with Gasteiger partial charge in [-0.05, 0) is 17.2 Å². The molecule has 1 aromatic carbocycles. The third-order valence-corrected chi connectivity index (χ3v) is 2.20. The van der Waals surface area contributed by atoms with E-state index in [2.05, 4.69) is 26.6 Å². The number of ether oxygens (including phenoxy) is 1. The number of rotatable bonds is 4. The largest absolute Gasteiger partial charge is 0.469 e. The highest BCUT2D eigenvalue weighted by molar-refractivity contribution is 5.73. The molecule has 18 heavy (non-hydrogen) atoms. The first-order valence-electron chi connectivity index (χ1n) is 5.42. The van der Waals surface area contributed by atoms with Crippen LogP contribution in [0.15, 0.2) is 29.4 Å². The highest BCUT2D eigenvalue weighted by Gasteiger charge is 2.05. The van der Waals surface area contributed by atoms with Crippen LogP contribution >= 0.6 is 0 Å². The van der Waals surface area contributed by atoms with Gasteiger partial charge in [0.2, 0.25) is 0 Å². The molecule has 0 amide bonds. The van der Waals surface area contributed by atoms with Gasteiger partial charge in [-0.2, -0.15) is 0 Å². The summed E-state index contributed by atoms with van der Waals surface area (Å²) in [6.45, 7) is 0.350. The van der Waals surface area contributed by atoms with Crippen molar-refractivity contribution in [2.75, 3.05) is 13.7 Å². The lowest BCUT2D eigenvalue weighted by molar-refractivity contribution is -0.139. The Balaban J connectivity index is 2.75. The standard InChI is InChI=1S/C13H13N3O2/c1-18-13(17)10-12-8-3-2-6-11(12)7-4-5-9-15-16-14/h2-3,6,8H,5,9-10H2,1H3. The van der Waals surface area contributed by atoms with Crippen LogP contribution in [0.1, 0.15) is 17.5 Å². The fraction of sp³-hybridized carbons (Fsp3) is 0.308. The van der Waals surface area contributed by atoms with Crippen molar-refractivity contribution in [3.8, 4) is 11.8 Å². The Bertz CT molecular complexity index is 523. The Kier molecular flexibility index (Phi) is 5.88. The highest BCUT2D eigenvalue weighted by atomic mass is 16.5. The minimum Gasteiger partial charge on any atom is -0.469 e. The van der Waals surface area contributed by atoms with Crippen LogP contribution in [0, 0.1) is 11.8 Å². The average Bonchev–Trinajstić information content (AvgIpc) is 2.40. The zero-order chi connectivity index (χ0) is 13.2. The SMILES string of the molecule is COC(=O)Cc1ccccc1C#CCCN=[N+]=[N-]. The van der Waals surface area contributed by atoms with Gasteiger partial charge in [0, 0.05) is 23.4 Å². The van der Waals surface area contributed by atoms with Crippen molar-refractivity contribution in [3.63, 3.8) is 0 Å². The molecule has 0 bridgehead atoms. The maximum absolute atomic E-state index is 11.2. The Hall–Kier alpha value is -2.44. The quantitative estimate of drug-likeness (QED) is 0.203. The maximum atomic E-state index is 11.2. The number of hydrogen-bond donors (Lipinski definition) is 0. The van der Waals surface area contributed by atoms with Gasteiger partial charge in [0.25, 0.3) is 0 Å². The molecule has 1 aromatic rings. The average molecular weight is 243 g/mol.